The second-order valence-corrected chi connectivity index (χ2v) is 10.0. The fraction of sp³-hybridized carbons (Fsp3) is 0.294. The molecule has 0 unspecified atom stereocenters. The number of benzene rings is 4. The number of fused-ring (bicyclic) bond motifs is 1. The Labute approximate surface area is 242 Å². The number of carboxylic acid groups (broad SMARTS) is 1. The maximum Gasteiger partial charge on any atom is 0.335 e. The van der Waals surface area contributed by atoms with Crippen molar-refractivity contribution in [1.82, 2.24) is 10.2 Å². The Morgan fingerprint density at radius 3 is 2.39 bits per heavy atom. The summed E-state index contributed by atoms with van der Waals surface area (Å²) >= 11 is 0. The molecule has 0 saturated carbocycles. The quantitative estimate of drug-likeness (QED) is 0.215. The van der Waals surface area contributed by atoms with E-state index in [1.54, 1.807) is 6.07 Å². The van der Waals surface area contributed by atoms with Crippen molar-refractivity contribution in [2.24, 2.45) is 5.92 Å². The monoisotopic (exact) mass is 553 g/mol. The number of rotatable bonds is 8. The first-order valence-corrected chi connectivity index (χ1v) is 14.2. The minimum atomic E-state index is -1.05. The number of anilines is 1. The van der Waals surface area contributed by atoms with Gasteiger partial charge in [0.15, 0.2) is 0 Å². The van der Waals surface area contributed by atoms with Gasteiger partial charge in [0.2, 0.25) is 0 Å². The Balaban J connectivity index is 0.00000189. The van der Waals surface area contributed by atoms with Crippen LogP contribution in [-0.4, -0.2) is 48.8 Å². The van der Waals surface area contributed by atoms with Crippen molar-refractivity contribution < 1.29 is 19.4 Å². The molecule has 0 bridgehead atoms. The van der Waals surface area contributed by atoms with Crippen LogP contribution in [0.3, 0.4) is 0 Å². The van der Waals surface area contributed by atoms with Crippen LogP contribution in [0.15, 0.2) is 91.0 Å². The zero-order chi connectivity index (χ0) is 29.4. The highest BCUT2D eigenvalue weighted by atomic mass is 16.5. The number of nitrogens with one attached hydrogen (secondary N) is 2. The maximum absolute atomic E-state index is 13.4. The highest BCUT2D eigenvalue weighted by molar-refractivity contribution is 5.94. The second-order valence-electron chi connectivity index (χ2n) is 10.0. The summed E-state index contributed by atoms with van der Waals surface area (Å²) in [7, 11) is 1.46. The fourth-order valence-electron chi connectivity index (χ4n) is 5.51. The van der Waals surface area contributed by atoms with E-state index in [1.807, 2.05) is 36.9 Å². The highest BCUT2D eigenvalue weighted by Crippen LogP contribution is 2.34. The van der Waals surface area contributed by atoms with Gasteiger partial charge in [0, 0.05) is 31.6 Å². The van der Waals surface area contributed by atoms with Crippen LogP contribution in [0, 0.1) is 5.92 Å². The summed E-state index contributed by atoms with van der Waals surface area (Å²) in [6.45, 7) is 8.12. The van der Waals surface area contributed by atoms with Gasteiger partial charge >= 0.3 is 12.0 Å². The summed E-state index contributed by atoms with van der Waals surface area (Å²) < 4.78 is 5.34. The predicted octanol–water partition coefficient (Wildman–Crippen LogP) is 7.17. The fourth-order valence-corrected chi connectivity index (χ4v) is 5.51. The minimum absolute atomic E-state index is 0.0987. The van der Waals surface area contributed by atoms with E-state index in [0.29, 0.717) is 24.5 Å². The van der Waals surface area contributed by atoms with E-state index in [9.17, 15) is 14.7 Å². The summed E-state index contributed by atoms with van der Waals surface area (Å²) in [4.78, 5) is 26.5. The summed E-state index contributed by atoms with van der Waals surface area (Å²) in [5, 5.41) is 18.4. The molecule has 0 radical (unpaired) electrons. The maximum atomic E-state index is 13.4. The van der Waals surface area contributed by atoms with Crippen LogP contribution in [0.5, 0.6) is 5.75 Å². The van der Waals surface area contributed by atoms with Crippen LogP contribution in [0.4, 0.5) is 10.5 Å². The number of methoxy groups -OCH3 is 1. The molecule has 0 spiro atoms. The van der Waals surface area contributed by atoms with E-state index in [1.165, 1.54) is 41.1 Å². The van der Waals surface area contributed by atoms with Gasteiger partial charge in [-0.15, -0.1) is 0 Å². The Hall–Kier alpha value is -4.36. The highest BCUT2D eigenvalue weighted by Gasteiger charge is 2.36. The van der Waals surface area contributed by atoms with Crippen molar-refractivity contribution in [3.05, 3.63) is 108 Å². The molecule has 5 rings (SSSR count). The SMILES string of the molecule is CC.COc1cc(C(=O)O)ccc1NC(=O)N1C[C@H](CN[C@H](C)c2cccc3ccccc23)[C@@H](c2ccccc2)C1. The number of aromatic carboxylic acids is 1. The smallest absolute Gasteiger partial charge is 0.335 e. The van der Waals surface area contributed by atoms with Crippen molar-refractivity contribution >= 4 is 28.5 Å². The number of urea groups is 1. The molecule has 7 nitrogen and oxygen atoms in total. The van der Waals surface area contributed by atoms with Gasteiger partial charge < -0.3 is 25.4 Å². The molecule has 0 aromatic heterocycles. The number of carboxylic acids is 1. The number of amides is 2. The predicted molar refractivity (Wildman–Crippen MR) is 165 cm³/mol. The van der Waals surface area contributed by atoms with Gasteiger partial charge in [-0.3, -0.25) is 0 Å². The lowest BCUT2D eigenvalue weighted by atomic mass is 9.88. The van der Waals surface area contributed by atoms with Crippen LogP contribution < -0.4 is 15.4 Å². The molecule has 41 heavy (non-hydrogen) atoms. The van der Waals surface area contributed by atoms with Gasteiger partial charge in [0.05, 0.1) is 18.4 Å². The summed E-state index contributed by atoms with van der Waals surface area (Å²) in [5.74, 6) is -0.346. The van der Waals surface area contributed by atoms with Crippen LogP contribution in [-0.2, 0) is 0 Å². The van der Waals surface area contributed by atoms with Crippen molar-refractivity contribution in [2.45, 2.75) is 32.7 Å². The molecule has 4 aromatic carbocycles. The normalized spacial score (nSPS) is 16.9. The van der Waals surface area contributed by atoms with E-state index in [-0.39, 0.29) is 29.5 Å². The number of carbonyl (C=O) groups excluding carboxylic acids is 1. The van der Waals surface area contributed by atoms with Gasteiger partial charge in [0.25, 0.3) is 0 Å². The van der Waals surface area contributed by atoms with E-state index in [2.05, 4.69) is 72.2 Å². The van der Waals surface area contributed by atoms with Gasteiger partial charge in [-0.2, -0.15) is 0 Å². The lowest BCUT2D eigenvalue weighted by molar-refractivity contribution is 0.0696. The molecule has 3 N–H and O–H groups in total. The minimum Gasteiger partial charge on any atom is -0.495 e. The van der Waals surface area contributed by atoms with Gasteiger partial charge in [-0.25, -0.2) is 9.59 Å². The molecule has 3 atom stereocenters. The Morgan fingerprint density at radius 2 is 1.66 bits per heavy atom. The van der Waals surface area contributed by atoms with Crippen LogP contribution in [0.2, 0.25) is 0 Å². The average Bonchev–Trinajstić information content (AvgIpc) is 3.45. The molecule has 1 heterocycles. The number of carbonyl (C=O) groups is 2. The molecule has 4 aromatic rings. The third kappa shape index (κ3) is 6.87. The van der Waals surface area contributed by atoms with Crippen LogP contribution in [0.1, 0.15) is 54.2 Å². The first-order chi connectivity index (χ1) is 19.9. The van der Waals surface area contributed by atoms with E-state index in [0.717, 1.165) is 6.54 Å². The molecule has 1 saturated heterocycles. The molecular weight excluding hydrogens is 514 g/mol. The molecule has 1 aliphatic rings. The molecule has 7 heteroatoms. The molecule has 2 amide bonds. The molecule has 1 fully saturated rings. The van der Waals surface area contributed by atoms with Crippen molar-refractivity contribution in [2.75, 3.05) is 32.1 Å². The number of nitrogens with zero attached hydrogens (tertiary/aromatic N) is 1. The lowest BCUT2D eigenvalue weighted by Gasteiger charge is -2.23. The number of hydrogen-bond acceptors (Lipinski definition) is 4. The number of hydrogen-bond donors (Lipinski definition) is 3. The van der Waals surface area contributed by atoms with E-state index < -0.39 is 5.97 Å². The van der Waals surface area contributed by atoms with Crippen molar-refractivity contribution in [3.63, 3.8) is 0 Å². The molecule has 214 valence electrons. The van der Waals surface area contributed by atoms with Crippen LogP contribution in [0.25, 0.3) is 10.8 Å². The van der Waals surface area contributed by atoms with Gasteiger partial charge in [-0.1, -0.05) is 86.6 Å². The largest absolute Gasteiger partial charge is 0.495 e. The number of ether oxygens (including phenoxy) is 1. The second kappa shape index (κ2) is 13.8. The zero-order valence-electron chi connectivity index (χ0n) is 24.1. The van der Waals surface area contributed by atoms with Gasteiger partial charge in [-0.05, 0) is 52.9 Å². The topological polar surface area (TPSA) is 90.9 Å². The third-order valence-electron chi connectivity index (χ3n) is 7.62. The third-order valence-corrected chi connectivity index (χ3v) is 7.62. The summed E-state index contributed by atoms with van der Waals surface area (Å²) in [6, 6.07) is 29.5. The van der Waals surface area contributed by atoms with E-state index >= 15 is 0 Å². The van der Waals surface area contributed by atoms with E-state index in [4.69, 9.17) is 4.74 Å². The average molecular weight is 554 g/mol. The Bertz CT molecular complexity index is 1470. The summed E-state index contributed by atoms with van der Waals surface area (Å²) in [6.07, 6.45) is 0. The van der Waals surface area contributed by atoms with Crippen molar-refractivity contribution in [1.29, 1.82) is 0 Å². The van der Waals surface area contributed by atoms with Crippen molar-refractivity contribution in [3.8, 4) is 5.75 Å². The van der Waals surface area contributed by atoms with Gasteiger partial charge in [0.1, 0.15) is 5.75 Å². The molecular formula is C34H39N3O4. The lowest BCUT2D eigenvalue weighted by Crippen LogP contribution is -2.34. The van der Waals surface area contributed by atoms with Crippen LogP contribution >= 0.6 is 0 Å². The Kier molecular flexibility index (Phi) is 9.98. The summed E-state index contributed by atoms with van der Waals surface area (Å²) in [5.41, 5.74) is 3.01. The Morgan fingerprint density at radius 1 is 0.951 bits per heavy atom. The molecule has 0 aliphatic carbocycles. The first-order valence-electron chi connectivity index (χ1n) is 14.2. The standard InChI is InChI=1S/C32H33N3O4.C2H6/c1-21(26-14-8-12-22-11-6-7-13-27(22)26)33-18-25-19-35(20-28(25)23-9-4-3-5-10-23)32(38)34-29-16-15-24(31(36)37)17-30(29)39-2;1-2/h3-17,21,25,28,33H,18-20H2,1-2H3,(H,34,38)(H,36,37);1-2H3/t21-,25+,28-;/m1./s1. The first kappa shape index (κ1) is 29.6. The molecule has 1 aliphatic heterocycles. The number of likely N-dealkylation sites (tertiary alicyclic amines) is 1. The zero-order valence-corrected chi connectivity index (χ0v) is 24.1.